The topological polar surface area (TPSA) is 74.6 Å². The van der Waals surface area contributed by atoms with Gasteiger partial charge in [-0.15, -0.1) is 0 Å². The molecule has 1 aromatic carbocycles. The third-order valence-corrected chi connectivity index (χ3v) is 2.70. The third-order valence-electron chi connectivity index (χ3n) is 2.70. The van der Waals surface area contributed by atoms with Crippen LogP contribution in [0.2, 0.25) is 0 Å². The molecular formula is C14H12N4O. The van der Waals surface area contributed by atoms with Gasteiger partial charge in [-0.05, 0) is 24.3 Å². The van der Waals surface area contributed by atoms with Crippen LogP contribution in [0.3, 0.4) is 0 Å². The van der Waals surface area contributed by atoms with Crippen LogP contribution in [0.15, 0.2) is 30.5 Å². The van der Waals surface area contributed by atoms with Crippen LogP contribution in [0.4, 0.5) is 0 Å². The lowest BCUT2D eigenvalue weighted by Gasteiger charge is -2.01. The summed E-state index contributed by atoms with van der Waals surface area (Å²) < 4.78 is 6.72. The number of nitrogens with zero attached hydrogens (tertiary/aromatic N) is 4. The van der Waals surface area contributed by atoms with Gasteiger partial charge in [-0.1, -0.05) is 0 Å². The summed E-state index contributed by atoms with van der Waals surface area (Å²) in [7, 11) is 1.60. The highest BCUT2D eigenvalue weighted by atomic mass is 16.5. The van der Waals surface area contributed by atoms with Gasteiger partial charge in [0.05, 0.1) is 31.7 Å². The molecule has 0 bridgehead atoms. The molecule has 5 nitrogen and oxygen atoms in total. The van der Waals surface area contributed by atoms with Crippen LogP contribution >= 0.6 is 0 Å². The largest absolute Gasteiger partial charge is 0.497 e. The van der Waals surface area contributed by atoms with Crippen LogP contribution in [0.25, 0.3) is 11.3 Å². The van der Waals surface area contributed by atoms with Gasteiger partial charge >= 0.3 is 0 Å². The molecule has 0 saturated heterocycles. The summed E-state index contributed by atoms with van der Waals surface area (Å²) in [6, 6.07) is 11.5. The highest BCUT2D eigenvalue weighted by Crippen LogP contribution is 2.24. The van der Waals surface area contributed by atoms with Crippen LogP contribution in [0.1, 0.15) is 12.0 Å². The molecule has 0 saturated carbocycles. The molecule has 94 valence electrons. The number of ether oxygens (including phenoxy) is 1. The summed E-state index contributed by atoms with van der Waals surface area (Å²) in [4.78, 5) is 0. The van der Waals surface area contributed by atoms with Gasteiger partial charge in [-0.25, -0.2) is 0 Å². The van der Waals surface area contributed by atoms with E-state index < -0.39 is 0 Å². The molecule has 5 heteroatoms. The number of aryl methyl sites for hydroxylation is 1. The van der Waals surface area contributed by atoms with Crippen molar-refractivity contribution in [1.82, 2.24) is 9.78 Å². The number of aromatic nitrogens is 2. The molecule has 19 heavy (non-hydrogen) atoms. The predicted octanol–water partition coefficient (Wildman–Crippen LogP) is 2.34. The number of nitriles is 2. The van der Waals surface area contributed by atoms with Crippen LogP contribution in [0, 0.1) is 22.7 Å². The van der Waals surface area contributed by atoms with E-state index in [1.54, 1.807) is 18.0 Å². The maximum Gasteiger partial charge on any atom is 0.118 e. The van der Waals surface area contributed by atoms with E-state index >= 15 is 0 Å². The van der Waals surface area contributed by atoms with E-state index in [4.69, 9.17) is 15.3 Å². The standard InChI is InChI=1S/C14H12N4O/c1-19-13-5-3-11(4-6-13)14-12(9-16)10-18(17-14)8-2-7-15/h3-6,10H,2,8H2,1H3. The Kier molecular flexibility index (Phi) is 3.80. The zero-order valence-electron chi connectivity index (χ0n) is 10.5. The van der Waals surface area contributed by atoms with Crippen molar-refractivity contribution in [3.8, 4) is 29.1 Å². The van der Waals surface area contributed by atoms with Gasteiger partial charge in [0.1, 0.15) is 17.5 Å². The van der Waals surface area contributed by atoms with Crippen molar-refractivity contribution in [3.63, 3.8) is 0 Å². The van der Waals surface area contributed by atoms with Gasteiger partial charge < -0.3 is 4.74 Å². The summed E-state index contributed by atoms with van der Waals surface area (Å²) in [6.45, 7) is 0.487. The molecule has 0 radical (unpaired) electrons. The molecule has 0 aliphatic carbocycles. The van der Waals surface area contributed by atoms with Gasteiger partial charge in [-0.3, -0.25) is 4.68 Å². The van der Waals surface area contributed by atoms with Crippen LogP contribution in [-0.4, -0.2) is 16.9 Å². The molecule has 0 spiro atoms. The maximum absolute atomic E-state index is 9.13. The Labute approximate surface area is 111 Å². The first-order valence-corrected chi connectivity index (χ1v) is 5.77. The van der Waals surface area contributed by atoms with E-state index in [2.05, 4.69) is 17.2 Å². The van der Waals surface area contributed by atoms with E-state index in [-0.39, 0.29) is 0 Å². The van der Waals surface area contributed by atoms with Gasteiger partial charge in [-0.2, -0.15) is 15.6 Å². The quantitative estimate of drug-likeness (QED) is 0.837. The number of methoxy groups -OCH3 is 1. The molecule has 1 heterocycles. The van der Waals surface area contributed by atoms with Crippen molar-refractivity contribution in [2.45, 2.75) is 13.0 Å². The molecular weight excluding hydrogens is 240 g/mol. The monoisotopic (exact) mass is 252 g/mol. The first-order chi connectivity index (χ1) is 9.28. The van der Waals surface area contributed by atoms with Gasteiger partial charge in [0.25, 0.3) is 0 Å². The molecule has 0 N–H and O–H groups in total. The zero-order chi connectivity index (χ0) is 13.7. The van der Waals surface area contributed by atoms with Gasteiger partial charge in [0.15, 0.2) is 0 Å². The van der Waals surface area contributed by atoms with Crippen molar-refractivity contribution < 1.29 is 4.74 Å². The Morgan fingerprint density at radius 2 is 2.00 bits per heavy atom. The van der Waals surface area contributed by atoms with Crippen molar-refractivity contribution >= 4 is 0 Å². The summed E-state index contributed by atoms with van der Waals surface area (Å²) in [6.07, 6.45) is 2.03. The molecule has 0 aliphatic rings. The lowest BCUT2D eigenvalue weighted by atomic mass is 10.1. The first kappa shape index (κ1) is 12.7. The van der Waals surface area contributed by atoms with Crippen molar-refractivity contribution in [3.05, 3.63) is 36.0 Å². The number of hydrogen-bond donors (Lipinski definition) is 0. The summed E-state index contributed by atoms with van der Waals surface area (Å²) in [5.41, 5.74) is 1.99. The average Bonchev–Trinajstić information content (AvgIpc) is 2.88. The molecule has 0 unspecified atom stereocenters. The van der Waals surface area contributed by atoms with Crippen LogP contribution in [-0.2, 0) is 6.54 Å². The maximum atomic E-state index is 9.13. The Bertz CT molecular complexity index is 644. The molecule has 0 atom stereocenters. The predicted molar refractivity (Wildman–Crippen MR) is 69.2 cm³/mol. The normalized spacial score (nSPS) is 9.63. The number of benzene rings is 1. The second kappa shape index (κ2) is 5.70. The van der Waals surface area contributed by atoms with E-state index in [1.807, 2.05) is 24.3 Å². The fourth-order valence-electron chi connectivity index (χ4n) is 1.74. The highest BCUT2D eigenvalue weighted by molar-refractivity contribution is 5.66. The van der Waals surface area contributed by atoms with E-state index in [0.717, 1.165) is 11.3 Å². The van der Waals surface area contributed by atoms with E-state index in [1.165, 1.54) is 0 Å². The highest BCUT2D eigenvalue weighted by Gasteiger charge is 2.10. The fraction of sp³-hybridized carbons (Fsp3) is 0.214. The number of hydrogen-bond acceptors (Lipinski definition) is 4. The minimum atomic E-state index is 0.370. The second-order valence-electron chi connectivity index (χ2n) is 3.90. The average molecular weight is 252 g/mol. The molecule has 0 aliphatic heterocycles. The Balaban J connectivity index is 2.35. The van der Waals surface area contributed by atoms with E-state index in [9.17, 15) is 0 Å². The minimum absolute atomic E-state index is 0.370. The molecule has 1 aromatic heterocycles. The molecule has 2 rings (SSSR count). The Morgan fingerprint density at radius 3 is 2.58 bits per heavy atom. The third kappa shape index (κ3) is 2.72. The first-order valence-electron chi connectivity index (χ1n) is 5.77. The molecule has 0 fully saturated rings. The SMILES string of the molecule is COc1ccc(-c2nn(CCC#N)cc2C#N)cc1. The van der Waals surface area contributed by atoms with Crippen molar-refractivity contribution in [2.75, 3.05) is 7.11 Å². The van der Waals surface area contributed by atoms with Gasteiger partial charge in [0, 0.05) is 11.8 Å². The summed E-state index contributed by atoms with van der Waals surface area (Å²) in [5.74, 6) is 0.756. The second-order valence-corrected chi connectivity index (χ2v) is 3.90. The number of rotatable bonds is 4. The van der Waals surface area contributed by atoms with Crippen LogP contribution in [0.5, 0.6) is 5.75 Å². The smallest absolute Gasteiger partial charge is 0.118 e. The zero-order valence-corrected chi connectivity index (χ0v) is 10.5. The Morgan fingerprint density at radius 1 is 1.26 bits per heavy atom. The lowest BCUT2D eigenvalue weighted by molar-refractivity contribution is 0.415. The lowest BCUT2D eigenvalue weighted by Crippen LogP contribution is -1.97. The van der Waals surface area contributed by atoms with Gasteiger partial charge in [0.2, 0.25) is 0 Å². The molecule has 2 aromatic rings. The Hall–Kier alpha value is -2.79. The summed E-state index contributed by atoms with van der Waals surface area (Å²) in [5, 5.41) is 22.0. The van der Waals surface area contributed by atoms with Crippen molar-refractivity contribution in [1.29, 1.82) is 10.5 Å². The van der Waals surface area contributed by atoms with Crippen molar-refractivity contribution in [2.24, 2.45) is 0 Å². The summed E-state index contributed by atoms with van der Waals surface area (Å²) >= 11 is 0. The minimum Gasteiger partial charge on any atom is -0.497 e. The fourth-order valence-corrected chi connectivity index (χ4v) is 1.74. The molecule has 0 amide bonds. The van der Waals surface area contributed by atoms with E-state index in [0.29, 0.717) is 24.2 Å². The van der Waals surface area contributed by atoms with Crippen LogP contribution < -0.4 is 4.74 Å².